The average Bonchev–Trinajstić information content (AvgIpc) is 3.45. The van der Waals surface area contributed by atoms with Crippen LogP contribution in [-0.2, 0) is 16.2 Å². The Labute approximate surface area is 214 Å². The second-order valence-corrected chi connectivity index (χ2v) is 14.9. The van der Waals surface area contributed by atoms with Gasteiger partial charge in [0.2, 0.25) is 0 Å². The van der Waals surface area contributed by atoms with Gasteiger partial charge in [-0.3, -0.25) is 15.4 Å². The number of hydrogen-bond donors (Lipinski definition) is 2. The second kappa shape index (κ2) is 11.0. The van der Waals surface area contributed by atoms with E-state index in [1.807, 2.05) is 35.0 Å². The van der Waals surface area contributed by atoms with Crippen LogP contribution in [0.5, 0.6) is 0 Å². The van der Waals surface area contributed by atoms with Gasteiger partial charge in [-0.25, -0.2) is 19.8 Å². The third-order valence-corrected chi connectivity index (χ3v) is 8.22. The number of fused-ring (bicyclic) bond motifs is 1. The first-order valence-electron chi connectivity index (χ1n) is 12.4. The maximum absolute atomic E-state index is 12.6. The van der Waals surface area contributed by atoms with Crippen LogP contribution < -0.4 is 5.49 Å². The minimum absolute atomic E-state index is 0.113. The number of benzene rings is 1. The number of rotatable bonds is 9. The Hall–Kier alpha value is -2.91. The Bertz CT molecular complexity index is 1280. The van der Waals surface area contributed by atoms with E-state index in [1.165, 1.54) is 6.20 Å². The summed E-state index contributed by atoms with van der Waals surface area (Å²) in [6.45, 7) is 3.18. The Balaban J connectivity index is 1.51. The third kappa shape index (κ3) is 5.90. The van der Waals surface area contributed by atoms with Crippen LogP contribution in [0.15, 0.2) is 48.8 Å². The first-order chi connectivity index (χ1) is 17.2. The van der Waals surface area contributed by atoms with Gasteiger partial charge in [-0.1, -0.05) is 31.5 Å². The molecule has 0 spiro atoms. The van der Waals surface area contributed by atoms with E-state index in [0.29, 0.717) is 36.8 Å². The minimum Gasteiger partial charge on any atom is -0.459 e. The molecule has 2 aromatic heterocycles. The highest BCUT2D eigenvalue weighted by Crippen LogP contribution is 2.37. The zero-order chi connectivity index (χ0) is 25.9. The number of carbonyl (C=O) groups excluding carboxylic acids is 1. The van der Waals surface area contributed by atoms with E-state index >= 15 is 0 Å². The number of esters is 1. The molecule has 1 fully saturated rings. The van der Waals surface area contributed by atoms with Crippen molar-refractivity contribution in [3.05, 3.63) is 59.8 Å². The van der Waals surface area contributed by atoms with Crippen molar-refractivity contribution >= 4 is 33.0 Å². The highest BCUT2D eigenvalue weighted by molar-refractivity contribution is 8.32. The van der Waals surface area contributed by atoms with Gasteiger partial charge >= 0.3 is 5.97 Å². The molecule has 0 saturated heterocycles. The van der Waals surface area contributed by atoms with Gasteiger partial charge in [0.1, 0.15) is 24.2 Å². The molecule has 36 heavy (non-hydrogen) atoms. The Kier molecular flexibility index (Phi) is 8.00. The molecular formula is C27H37N5O3S. The van der Waals surface area contributed by atoms with Gasteiger partial charge in [0.15, 0.2) is 5.65 Å². The highest BCUT2D eigenvalue weighted by atomic mass is 32.3. The van der Waals surface area contributed by atoms with Crippen LogP contribution in [-0.4, -0.2) is 63.2 Å². The van der Waals surface area contributed by atoms with E-state index in [9.17, 15) is 4.79 Å². The van der Waals surface area contributed by atoms with Crippen molar-refractivity contribution in [3.63, 3.8) is 0 Å². The van der Waals surface area contributed by atoms with Crippen LogP contribution in [0.1, 0.15) is 36.5 Å². The van der Waals surface area contributed by atoms with Gasteiger partial charge in [-0.05, 0) is 55.7 Å². The van der Waals surface area contributed by atoms with Crippen LogP contribution in [0, 0.1) is 22.7 Å². The molecule has 8 nitrogen and oxygen atoms in total. The minimum atomic E-state index is -0.615. The number of aromatic nitrogens is 3. The lowest BCUT2D eigenvalue weighted by molar-refractivity contribution is 0.0306. The van der Waals surface area contributed by atoms with Gasteiger partial charge in [-0.15, -0.1) is 0 Å². The number of ether oxygens (including phenoxy) is 2. The monoisotopic (exact) mass is 511 g/mol. The van der Waals surface area contributed by atoms with Crippen molar-refractivity contribution < 1.29 is 14.3 Å². The molecule has 9 heteroatoms. The summed E-state index contributed by atoms with van der Waals surface area (Å²) in [4.78, 5) is 17.1. The standard InChI is InChI=1S/C27H37N5O3S/c1-5-19-15-21(35-27(33)20-9-7-6-8-10-20)16-22(19)25(29)32-23-11-12-31(26(23)30-17-24(32)28)18-34-13-14-36(2,3)4/h6-12,17,19,21-22,28-29H,5,13-16,18H2,1-4H3. The molecule has 4 rings (SSSR count). The fourth-order valence-electron chi connectivity index (χ4n) is 4.83. The number of hydrogen-bond acceptors (Lipinski definition) is 6. The van der Waals surface area contributed by atoms with Crippen LogP contribution >= 0.6 is 10.0 Å². The van der Waals surface area contributed by atoms with E-state index in [-0.39, 0.29) is 29.4 Å². The fraction of sp³-hybridized carbons (Fsp3) is 0.481. The van der Waals surface area contributed by atoms with Crippen molar-refractivity contribution in [1.29, 1.82) is 10.8 Å². The summed E-state index contributed by atoms with van der Waals surface area (Å²) in [5, 5.41) is 17.6. The molecule has 0 radical (unpaired) electrons. The summed E-state index contributed by atoms with van der Waals surface area (Å²) in [7, 11) is -0.615. The molecule has 3 unspecified atom stereocenters. The highest BCUT2D eigenvalue weighted by Gasteiger charge is 2.39. The molecule has 0 amide bonds. The molecule has 0 aliphatic heterocycles. The van der Waals surface area contributed by atoms with E-state index in [1.54, 1.807) is 16.7 Å². The molecular weight excluding hydrogens is 474 g/mol. The maximum Gasteiger partial charge on any atom is 0.338 e. The average molecular weight is 512 g/mol. The lowest BCUT2D eigenvalue weighted by Crippen LogP contribution is -2.34. The predicted molar refractivity (Wildman–Crippen MR) is 145 cm³/mol. The summed E-state index contributed by atoms with van der Waals surface area (Å²) < 4.78 is 15.3. The summed E-state index contributed by atoms with van der Waals surface area (Å²) in [5.74, 6) is 1.15. The second-order valence-electron chi connectivity index (χ2n) is 10.3. The normalized spacial score (nSPS) is 20.5. The molecule has 1 aliphatic rings. The first-order valence-corrected chi connectivity index (χ1v) is 15.4. The van der Waals surface area contributed by atoms with Gasteiger partial charge in [0.25, 0.3) is 0 Å². The predicted octanol–water partition coefficient (Wildman–Crippen LogP) is 4.47. The zero-order valence-electron chi connectivity index (χ0n) is 21.6. The molecule has 0 bridgehead atoms. The lowest BCUT2D eigenvalue weighted by Gasteiger charge is -2.24. The van der Waals surface area contributed by atoms with E-state index < -0.39 is 10.0 Å². The number of carbonyl (C=O) groups is 1. The summed E-state index contributed by atoms with van der Waals surface area (Å²) in [6.07, 6.45) is 12.1. The summed E-state index contributed by atoms with van der Waals surface area (Å²) in [5.41, 5.74) is 2.12. The van der Waals surface area contributed by atoms with Gasteiger partial charge in [0.05, 0.1) is 23.9 Å². The Morgan fingerprint density at radius 2 is 1.92 bits per heavy atom. The van der Waals surface area contributed by atoms with Crippen LogP contribution in [0.3, 0.4) is 0 Å². The van der Waals surface area contributed by atoms with Crippen molar-refractivity contribution in [2.24, 2.45) is 11.8 Å². The number of nitrogens with zero attached hydrogens (tertiary/aromatic N) is 3. The molecule has 2 heterocycles. The molecule has 1 aromatic carbocycles. The van der Waals surface area contributed by atoms with E-state index in [0.717, 1.165) is 24.1 Å². The van der Waals surface area contributed by atoms with Crippen LogP contribution in [0.2, 0.25) is 0 Å². The van der Waals surface area contributed by atoms with E-state index in [2.05, 4.69) is 30.7 Å². The van der Waals surface area contributed by atoms with Crippen LogP contribution in [0.4, 0.5) is 0 Å². The zero-order valence-corrected chi connectivity index (χ0v) is 22.4. The van der Waals surface area contributed by atoms with Crippen molar-refractivity contribution in [1.82, 2.24) is 14.1 Å². The first kappa shape index (κ1) is 26.2. The molecule has 1 saturated carbocycles. The largest absolute Gasteiger partial charge is 0.459 e. The Morgan fingerprint density at radius 3 is 2.61 bits per heavy atom. The summed E-state index contributed by atoms with van der Waals surface area (Å²) >= 11 is 0. The summed E-state index contributed by atoms with van der Waals surface area (Å²) in [6, 6.07) is 10.9. The van der Waals surface area contributed by atoms with Gasteiger partial charge in [0, 0.05) is 17.9 Å². The fourth-order valence-corrected chi connectivity index (χ4v) is 5.45. The maximum atomic E-state index is 12.6. The van der Waals surface area contributed by atoms with Crippen molar-refractivity contribution in [2.75, 3.05) is 31.1 Å². The topological polar surface area (TPSA) is 106 Å². The van der Waals surface area contributed by atoms with Crippen molar-refractivity contribution in [3.8, 4) is 0 Å². The molecule has 3 aromatic rings. The SMILES string of the molecule is CCC1CC(OC(=O)c2ccccc2)CC1C(=N)n1c(=N)cnc2c1ccn2COCCS(C)(C)C. The third-order valence-electron chi connectivity index (χ3n) is 6.83. The molecule has 3 atom stereocenters. The molecule has 1 aliphatic carbocycles. The number of nitrogens with one attached hydrogen (secondary N) is 2. The molecule has 194 valence electrons. The van der Waals surface area contributed by atoms with Crippen LogP contribution in [0.25, 0.3) is 11.2 Å². The Morgan fingerprint density at radius 1 is 1.17 bits per heavy atom. The van der Waals surface area contributed by atoms with Gasteiger partial charge in [-0.2, -0.15) is 0 Å². The quantitative estimate of drug-likeness (QED) is 0.191. The smallest absolute Gasteiger partial charge is 0.338 e. The molecule has 2 N–H and O–H groups in total. The van der Waals surface area contributed by atoms with Crippen molar-refractivity contribution in [2.45, 2.75) is 39.0 Å². The van der Waals surface area contributed by atoms with E-state index in [4.69, 9.17) is 20.3 Å². The van der Waals surface area contributed by atoms with Gasteiger partial charge < -0.3 is 14.0 Å². The lowest BCUT2D eigenvalue weighted by atomic mass is 9.92.